The van der Waals surface area contributed by atoms with Gasteiger partial charge in [0.1, 0.15) is 5.75 Å². The summed E-state index contributed by atoms with van der Waals surface area (Å²) >= 11 is 3.64. The van der Waals surface area contributed by atoms with Crippen LogP contribution in [0.4, 0.5) is 0 Å². The van der Waals surface area contributed by atoms with Gasteiger partial charge in [-0.25, -0.2) is 0 Å². The van der Waals surface area contributed by atoms with Crippen molar-refractivity contribution in [3.63, 3.8) is 0 Å². The molecule has 3 N–H and O–H groups in total. The van der Waals surface area contributed by atoms with E-state index in [0.717, 1.165) is 22.6 Å². The maximum absolute atomic E-state index is 5.86. The van der Waals surface area contributed by atoms with Crippen LogP contribution in [0, 0.1) is 11.8 Å². The zero-order valence-electron chi connectivity index (χ0n) is 13.1. The van der Waals surface area contributed by atoms with E-state index in [4.69, 9.17) is 10.6 Å². The molecule has 1 aromatic carbocycles. The second-order valence-corrected chi connectivity index (χ2v) is 6.99. The summed E-state index contributed by atoms with van der Waals surface area (Å²) in [5, 5.41) is 0. The van der Waals surface area contributed by atoms with Gasteiger partial charge in [0.2, 0.25) is 0 Å². The Morgan fingerprint density at radius 2 is 2.24 bits per heavy atom. The van der Waals surface area contributed by atoms with Gasteiger partial charge in [0.25, 0.3) is 0 Å². The fourth-order valence-electron chi connectivity index (χ4n) is 3.50. The van der Waals surface area contributed by atoms with E-state index in [2.05, 4.69) is 40.4 Å². The van der Waals surface area contributed by atoms with Crippen LogP contribution < -0.4 is 16.0 Å². The minimum Gasteiger partial charge on any atom is -0.497 e. The van der Waals surface area contributed by atoms with E-state index < -0.39 is 0 Å². The normalized spacial score (nSPS) is 23.8. The Hall–Kier alpha value is -0.580. The van der Waals surface area contributed by atoms with Crippen LogP contribution in [0.3, 0.4) is 0 Å². The SMILES string of the molecule is CCC1CCCC(C(Cc2cc(OC)ccc2Br)NN)C1. The van der Waals surface area contributed by atoms with Crippen molar-refractivity contribution in [2.45, 2.75) is 51.5 Å². The van der Waals surface area contributed by atoms with Gasteiger partial charge in [-0.15, -0.1) is 0 Å². The standard InChI is InChI=1S/C17H27BrN2O/c1-3-12-5-4-6-13(9-12)17(20-19)11-14-10-15(21-2)7-8-16(14)18/h7-8,10,12-13,17,20H,3-6,9,11,19H2,1-2H3. The molecule has 118 valence electrons. The molecule has 4 heteroatoms. The number of methoxy groups -OCH3 is 1. The van der Waals surface area contributed by atoms with Crippen LogP contribution in [0.1, 0.15) is 44.6 Å². The number of benzene rings is 1. The summed E-state index contributed by atoms with van der Waals surface area (Å²) in [6.45, 7) is 2.30. The lowest BCUT2D eigenvalue weighted by molar-refractivity contribution is 0.208. The zero-order valence-corrected chi connectivity index (χ0v) is 14.7. The molecule has 21 heavy (non-hydrogen) atoms. The molecule has 0 amide bonds. The van der Waals surface area contributed by atoms with Gasteiger partial charge < -0.3 is 4.74 Å². The third-order valence-corrected chi connectivity index (χ3v) is 5.65. The molecular formula is C17H27BrN2O. The van der Waals surface area contributed by atoms with Gasteiger partial charge in [-0.05, 0) is 54.9 Å². The van der Waals surface area contributed by atoms with Crippen LogP contribution in [0.15, 0.2) is 22.7 Å². The van der Waals surface area contributed by atoms with E-state index in [9.17, 15) is 0 Å². The molecule has 2 rings (SSSR count). The van der Waals surface area contributed by atoms with Crippen molar-refractivity contribution in [1.82, 2.24) is 5.43 Å². The molecule has 1 saturated carbocycles. The molecule has 3 unspecified atom stereocenters. The maximum atomic E-state index is 5.86. The summed E-state index contributed by atoms with van der Waals surface area (Å²) < 4.78 is 6.46. The summed E-state index contributed by atoms with van der Waals surface area (Å²) in [5.74, 6) is 8.31. The predicted octanol–water partition coefficient (Wildman–Crippen LogP) is 4.05. The molecule has 1 aliphatic carbocycles. The molecule has 0 radical (unpaired) electrons. The van der Waals surface area contributed by atoms with Crippen molar-refractivity contribution in [1.29, 1.82) is 0 Å². The van der Waals surface area contributed by atoms with Crippen molar-refractivity contribution in [3.8, 4) is 5.75 Å². The van der Waals surface area contributed by atoms with E-state index >= 15 is 0 Å². The Balaban J connectivity index is 2.08. The number of nitrogens with one attached hydrogen (secondary N) is 1. The van der Waals surface area contributed by atoms with Crippen molar-refractivity contribution in [2.75, 3.05) is 7.11 Å². The fourth-order valence-corrected chi connectivity index (χ4v) is 3.91. The molecule has 0 aromatic heterocycles. The second-order valence-electron chi connectivity index (χ2n) is 6.14. The first-order valence-corrected chi connectivity index (χ1v) is 8.75. The molecule has 0 bridgehead atoms. The molecule has 0 spiro atoms. The summed E-state index contributed by atoms with van der Waals surface area (Å²) in [7, 11) is 1.71. The molecule has 1 aromatic rings. The van der Waals surface area contributed by atoms with Crippen molar-refractivity contribution in [2.24, 2.45) is 17.7 Å². The summed E-state index contributed by atoms with van der Waals surface area (Å²) in [6.07, 6.45) is 7.53. The molecule has 0 heterocycles. The molecule has 1 aliphatic rings. The number of halogens is 1. The van der Waals surface area contributed by atoms with E-state index in [1.54, 1.807) is 7.11 Å². The minimum absolute atomic E-state index is 0.336. The summed E-state index contributed by atoms with van der Waals surface area (Å²) in [4.78, 5) is 0. The Labute approximate surface area is 136 Å². The van der Waals surface area contributed by atoms with Gasteiger partial charge in [-0.3, -0.25) is 11.3 Å². The third-order valence-electron chi connectivity index (χ3n) is 4.88. The van der Waals surface area contributed by atoms with Crippen LogP contribution in [0.2, 0.25) is 0 Å². The monoisotopic (exact) mass is 354 g/mol. The number of ether oxygens (including phenoxy) is 1. The predicted molar refractivity (Wildman–Crippen MR) is 91.2 cm³/mol. The second kappa shape index (κ2) is 8.16. The van der Waals surface area contributed by atoms with Gasteiger partial charge >= 0.3 is 0 Å². The van der Waals surface area contributed by atoms with E-state index in [1.165, 1.54) is 37.7 Å². The lowest BCUT2D eigenvalue weighted by atomic mass is 9.75. The minimum atomic E-state index is 0.336. The Bertz CT molecular complexity index is 452. The van der Waals surface area contributed by atoms with E-state index in [0.29, 0.717) is 12.0 Å². The molecule has 3 nitrogen and oxygen atoms in total. The first-order valence-electron chi connectivity index (χ1n) is 7.96. The number of hydrazine groups is 1. The van der Waals surface area contributed by atoms with Crippen molar-refractivity contribution < 1.29 is 4.74 Å². The highest BCUT2D eigenvalue weighted by Crippen LogP contribution is 2.34. The fraction of sp³-hybridized carbons (Fsp3) is 0.647. The highest BCUT2D eigenvalue weighted by Gasteiger charge is 2.27. The Kier molecular flexibility index (Phi) is 6.52. The molecule has 3 atom stereocenters. The molecule has 1 fully saturated rings. The molecular weight excluding hydrogens is 328 g/mol. The van der Waals surface area contributed by atoms with Gasteiger partial charge in [0, 0.05) is 10.5 Å². The lowest BCUT2D eigenvalue weighted by Crippen LogP contribution is -2.44. The number of nitrogens with two attached hydrogens (primary N) is 1. The Morgan fingerprint density at radius 3 is 2.90 bits per heavy atom. The Morgan fingerprint density at radius 1 is 1.43 bits per heavy atom. The smallest absolute Gasteiger partial charge is 0.119 e. The van der Waals surface area contributed by atoms with Gasteiger partial charge in [0.15, 0.2) is 0 Å². The van der Waals surface area contributed by atoms with Crippen LogP contribution in [0.25, 0.3) is 0 Å². The van der Waals surface area contributed by atoms with E-state index in [1.807, 2.05) is 6.07 Å². The average Bonchev–Trinajstić information content (AvgIpc) is 2.54. The third kappa shape index (κ3) is 4.44. The number of hydrogen-bond acceptors (Lipinski definition) is 3. The highest BCUT2D eigenvalue weighted by atomic mass is 79.9. The number of hydrogen-bond donors (Lipinski definition) is 2. The average molecular weight is 355 g/mol. The summed E-state index contributed by atoms with van der Waals surface area (Å²) in [5.41, 5.74) is 4.33. The lowest BCUT2D eigenvalue weighted by Gasteiger charge is -2.34. The van der Waals surface area contributed by atoms with Gasteiger partial charge in [0.05, 0.1) is 7.11 Å². The summed E-state index contributed by atoms with van der Waals surface area (Å²) in [6, 6.07) is 6.47. The van der Waals surface area contributed by atoms with Gasteiger partial charge in [-0.1, -0.05) is 42.1 Å². The zero-order chi connectivity index (χ0) is 15.2. The topological polar surface area (TPSA) is 47.3 Å². The van der Waals surface area contributed by atoms with Crippen LogP contribution in [-0.4, -0.2) is 13.2 Å². The quantitative estimate of drug-likeness (QED) is 0.598. The van der Waals surface area contributed by atoms with Crippen molar-refractivity contribution >= 4 is 15.9 Å². The van der Waals surface area contributed by atoms with Crippen LogP contribution in [0.5, 0.6) is 5.75 Å². The first-order chi connectivity index (χ1) is 10.2. The maximum Gasteiger partial charge on any atom is 0.119 e. The highest BCUT2D eigenvalue weighted by molar-refractivity contribution is 9.10. The van der Waals surface area contributed by atoms with Crippen molar-refractivity contribution in [3.05, 3.63) is 28.2 Å². The molecule has 0 aliphatic heterocycles. The largest absolute Gasteiger partial charge is 0.497 e. The van der Waals surface area contributed by atoms with Gasteiger partial charge in [-0.2, -0.15) is 0 Å². The molecule has 0 saturated heterocycles. The van der Waals surface area contributed by atoms with Crippen LogP contribution in [-0.2, 0) is 6.42 Å². The first kappa shape index (κ1) is 16.8. The van der Waals surface area contributed by atoms with E-state index in [-0.39, 0.29) is 0 Å². The van der Waals surface area contributed by atoms with Crippen LogP contribution >= 0.6 is 15.9 Å². The number of rotatable bonds is 6.